The van der Waals surface area contributed by atoms with Crippen LogP contribution in [0.1, 0.15) is 72.1 Å². The van der Waals surface area contributed by atoms with E-state index in [4.69, 9.17) is 4.74 Å². The summed E-state index contributed by atoms with van der Waals surface area (Å²) in [5, 5.41) is 9.87. The number of nitrogens with zero attached hydrogens (tertiary/aromatic N) is 2. The van der Waals surface area contributed by atoms with Gasteiger partial charge in [0.25, 0.3) is 5.91 Å². The van der Waals surface area contributed by atoms with Crippen LogP contribution in [0.4, 0.5) is 32.2 Å². The molecule has 2 heterocycles. The van der Waals surface area contributed by atoms with E-state index in [0.29, 0.717) is 36.7 Å². The Balaban J connectivity index is 1.36. The van der Waals surface area contributed by atoms with Gasteiger partial charge in [0.1, 0.15) is 23.6 Å². The lowest BCUT2D eigenvalue weighted by Gasteiger charge is -2.35. The van der Waals surface area contributed by atoms with Crippen LogP contribution in [0.2, 0.25) is 0 Å². The lowest BCUT2D eigenvalue weighted by atomic mass is 9.82. The molecule has 5 rings (SSSR count). The number of ether oxygens (including phenoxy) is 1. The molecular weight excluding hydrogens is 530 g/mol. The van der Waals surface area contributed by atoms with E-state index >= 15 is 0 Å². The molecule has 2 N–H and O–H groups in total. The number of rotatable bonds is 9. The Morgan fingerprint density at radius 3 is 2.64 bits per heavy atom. The van der Waals surface area contributed by atoms with Crippen molar-refractivity contribution in [2.75, 3.05) is 11.9 Å². The number of benzene rings is 1. The largest absolute Gasteiger partial charge is 0.494 e. The van der Waals surface area contributed by atoms with E-state index in [-0.39, 0.29) is 30.8 Å². The third-order valence-electron chi connectivity index (χ3n) is 7.43. The first-order valence-electron chi connectivity index (χ1n) is 12.9. The molecular formula is C26H28F6N4O3. The number of amides is 2. The molecule has 13 heteroatoms. The van der Waals surface area contributed by atoms with Gasteiger partial charge in [-0.1, -0.05) is 18.9 Å². The molecule has 1 atom stereocenters. The molecule has 39 heavy (non-hydrogen) atoms. The summed E-state index contributed by atoms with van der Waals surface area (Å²) >= 11 is 0. The maximum absolute atomic E-state index is 13.4. The number of aromatic nitrogens is 2. The lowest BCUT2D eigenvalue weighted by molar-refractivity contribution is -0.150. The number of nitrogens with one attached hydrogen (secondary N) is 2. The van der Waals surface area contributed by atoms with Gasteiger partial charge >= 0.3 is 12.4 Å². The number of fused-ring (bicyclic) bond motifs is 3. The minimum atomic E-state index is -4.69. The van der Waals surface area contributed by atoms with Crippen molar-refractivity contribution < 1.29 is 40.7 Å². The molecule has 0 unspecified atom stereocenters. The van der Waals surface area contributed by atoms with Crippen LogP contribution in [0.15, 0.2) is 18.2 Å². The fourth-order valence-corrected chi connectivity index (χ4v) is 5.43. The first-order valence-corrected chi connectivity index (χ1v) is 12.9. The quantitative estimate of drug-likeness (QED) is 0.318. The predicted molar refractivity (Wildman–Crippen MR) is 127 cm³/mol. The summed E-state index contributed by atoms with van der Waals surface area (Å²) in [6.07, 6.45) is -7.42. The SMILES string of the molecule is O=C(CC(F)(F)F)Nc1c2c(nn1CCC1CC1)C[C@]1(CCc3cc(OCCCC(F)(F)F)ccc31)NC2=O. The molecule has 0 saturated heterocycles. The average molecular weight is 559 g/mol. The van der Waals surface area contributed by atoms with Gasteiger partial charge in [-0.15, -0.1) is 0 Å². The maximum atomic E-state index is 13.4. The molecule has 1 saturated carbocycles. The maximum Gasteiger partial charge on any atom is 0.397 e. The van der Waals surface area contributed by atoms with Crippen molar-refractivity contribution in [3.05, 3.63) is 40.6 Å². The second kappa shape index (κ2) is 10.1. The minimum absolute atomic E-state index is 0.0203. The smallest absolute Gasteiger partial charge is 0.397 e. The Morgan fingerprint density at radius 1 is 1.18 bits per heavy atom. The van der Waals surface area contributed by atoms with Crippen LogP contribution < -0.4 is 15.4 Å². The monoisotopic (exact) mass is 558 g/mol. The second-order valence-corrected chi connectivity index (χ2v) is 10.6. The number of hydrogen-bond acceptors (Lipinski definition) is 4. The molecule has 1 spiro atoms. The highest BCUT2D eigenvalue weighted by atomic mass is 19.4. The van der Waals surface area contributed by atoms with Gasteiger partial charge in [0.2, 0.25) is 5.91 Å². The van der Waals surface area contributed by atoms with Crippen LogP contribution in [-0.2, 0) is 29.7 Å². The van der Waals surface area contributed by atoms with E-state index in [1.807, 2.05) is 0 Å². The molecule has 2 aromatic rings. The van der Waals surface area contributed by atoms with Crippen LogP contribution in [0.25, 0.3) is 0 Å². The van der Waals surface area contributed by atoms with Crippen molar-refractivity contribution in [1.29, 1.82) is 0 Å². The summed E-state index contributed by atoms with van der Waals surface area (Å²) in [4.78, 5) is 25.5. The van der Waals surface area contributed by atoms with Gasteiger partial charge in [-0.25, -0.2) is 4.68 Å². The molecule has 0 radical (unpaired) electrons. The fraction of sp³-hybridized carbons (Fsp3) is 0.577. The number of halogens is 6. The van der Waals surface area contributed by atoms with Crippen LogP contribution in [0, 0.1) is 5.92 Å². The first-order chi connectivity index (χ1) is 18.3. The van der Waals surface area contributed by atoms with E-state index in [0.717, 1.165) is 30.4 Å². The van der Waals surface area contributed by atoms with Gasteiger partial charge in [-0.2, -0.15) is 31.4 Å². The summed E-state index contributed by atoms with van der Waals surface area (Å²) in [6, 6.07) is 5.19. The second-order valence-electron chi connectivity index (χ2n) is 10.6. The Hall–Kier alpha value is -3.25. The van der Waals surface area contributed by atoms with Gasteiger partial charge in [0.05, 0.1) is 17.8 Å². The van der Waals surface area contributed by atoms with E-state index in [2.05, 4.69) is 15.7 Å². The van der Waals surface area contributed by atoms with Crippen molar-refractivity contribution in [3.8, 4) is 5.75 Å². The third-order valence-corrected chi connectivity index (χ3v) is 7.43. The number of carbonyl (C=O) groups is 2. The molecule has 2 aliphatic carbocycles. The lowest BCUT2D eigenvalue weighted by Crippen LogP contribution is -2.49. The van der Waals surface area contributed by atoms with E-state index < -0.39 is 42.5 Å². The van der Waals surface area contributed by atoms with Crippen molar-refractivity contribution in [2.24, 2.45) is 5.92 Å². The number of anilines is 1. The Bertz CT molecular complexity index is 1270. The molecule has 1 aliphatic heterocycles. The molecule has 1 aromatic carbocycles. The van der Waals surface area contributed by atoms with Crippen LogP contribution in [0.5, 0.6) is 5.75 Å². The Labute approximate surface area is 220 Å². The summed E-state index contributed by atoms with van der Waals surface area (Å²) in [5.74, 6) is -0.879. The summed E-state index contributed by atoms with van der Waals surface area (Å²) in [6.45, 7) is 0.288. The number of aryl methyl sites for hydroxylation is 2. The van der Waals surface area contributed by atoms with Crippen LogP contribution >= 0.6 is 0 Å². The minimum Gasteiger partial charge on any atom is -0.494 e. The van der Waals surface area contributed by atoms with Gasteiger partial charge in [0, 0.05) is 19.4 Å². The Kier molecular flexibility index (Phi) is 7.04. The van der Waals surface area contributed by atoms with Crippen LogP contribution in [0.3, 0.4) is 0 Å². The normalized spacial score (nSPS) is 20.5. The molecule has 7 nitrogen and oxygen atoms in total. The molecule has 212 valence electrons. The number of hydrogen-bond donors (Lipinski definition) is 2. The fourth-order valence-electron chi connectivity index (χ4n) is 5.43. The zero-order chi connectivity index (χ0) is 28.0. The highest BCUT2D eigenvalue weighted by molar-refractivity contribution is 6.05. The predicted octanol–water partition coefficient (Wildman–Crippen LogP) is 5.42. The zero-order valence-electron chi connectivity index (χ0n) is 21.0. The summed E-state index contributed by atoms with van der Waals surface area (Å²) in [5.41, 5.74) is 1.40. The standard InChI is InChI=1S/C26H28F6N4O3/c27-25(28,29)8-1-11-39-17-4-5-18-16(12-17)6-9-24(18)13-19-21(23(38)34-24)22(33-20(37)14-26(30,31)32)36(35-19)10-7-15-2-3-15/h4-5,12,15H,1-3,6-11,13-14H2,(H,33,37)(H,34,38)/t24-/m0/s1. The zero-order valence-corrected chi connectivity index (χ0v) is 21.0. The molecule has 0 bridgehead atoms. The first kappa shape index (κ1) is 27.3. The molecule has 2 amide bonds. The van der Waals surface area contributed by atoms with Crippen molar-refractivity contribution in [3.63, 3.8) is 0 Å². The topological polar surface area (TPSA) is 85.2 Å². The van der Waals surface area contributed by atoms with Crippen LogP contribution in [-0.4, -0.2) is 40.6 Å². The van der Waals surface area contributed by atoms with Crippen molar-refractivity contribution in [2.45, 2.75) is 82.2 Å². The summed E-state index contributed by atoms with van der Waals surface area (Å²) in [7, 11) is 0. The van der Waals surface area contributed by atoms with E-state index in [1.165, 1.54) is 4.68 Å². The van der Waals surface area contributed by atoms with Gasteiger partial charge in [-0.05, 0) is 54.9 Å². The van der Waals surface area contributed by atoms with E-state index in [9.17, 15) is 35.9 Å². The Morgan fingerprint density at radius 2 is 1.95 bits per heavy atom. The average Bonchev–Trinajstić information content (AvgIpc) is 3.51. The number of alkyl halides is 6. The third kappa shape index (κ3) is 6.33. The van der Waals surface area contributed by atoms with Gasteiger partial charge < -0.3 is 15.4 Å². The molecule has 3 aliphatic rings. The van der Waals surface area contributed by atoms with E-state index in [1.54, 1.807) is 18.2 Å². The number of carbonyl (C=O) groups excluding carboxylic acids is 2. The molecule has 1 aromatic heterocycles. The molecule has 1 fully saturated rings. The highest BCUT2D eigenvalue weighted by Crippen LogP contribution is 2.44. The highest BCUT2D eigenvalue weighted by Gasteiger charge is 2.47. The van der Waals surface area contributed by atoms with Crippen molar-refractivity contribution >= 4 is 17.6 Å². The van der Waals surface area contributed by atoms with Gasteiger partial charge in [0.15, 0.2) is 0 Å². The summed E-state index contributed by atoms with van der Waals surface area (Å²) < 4.78 is 82.5. The van der Waals surface area contributed by atoms with Gasteiger partial charge in [-0.3, -0.25) is 9.59 Å². The van der Waals surface area contributed by atoms with Crippen molar-refractivity contribution in [1.82, 2.24) is 15.1 Å².